The van der Waals surface area contributed by atoms with Gasteiger partial charge in [0, 0.05) is 24.6 Å². The van der Waals surface area contributed by atoms with Gasteiger partial charge in [0.15, 0.2) is 0 Å². The van der Waals surface area contributed by atoms with E-state index < -0.39 is 23.4 Å². The molecule has 0 unspecified atom stereocenters. The van der Waals surface area contributed by atoms with Crippen LogP contribution in [0.5, 0.6) is 0 Å². The second kappa shape index (κ2) is 10.5. The number of rotatable bonds is 7. The highest BCUT2D eigenvalue weighted by Gasteiger charge is 2.60. The number of hydrogen-bond donors (Lipinski definition) is 1. The molecule has 8 heteroatoms. The number of carbonyl (C=O) groups excluding carboxylic acids is 3. The van der Waals surface area contributed by atoms with Crippen molar-refractivity contribution in [1.29, 1.82) is 0 Å². The summed E-state index contributed by atoms with van der Waals surface area (Å²) in [5.41, 5.74) is 0.0165. The molecule has 0 aliphatic carbocycles. The van der Waals surface area contributed by atoms with Crippen molar-refractivity contribution in [2.75, 3.05) is 7.11 Å². The van der Waals surface area contributed by atoms with Gasteiger partial charge in [-0.25, -0.2) is 0 Å². The maximum Gasteiger partial charge on any atom is 0.320 e. The second-order valence-corrected chi connectivity index (χ2v) is 11.0. The molecule has 2 aliphatic heterocycles. The predicted octanol–water partition coefficient (Wildman–Crippen LogP) is 4.21. The first-order valence-electron chi connectivity index (χ1n) is 12.7. The number of hydrogen-bond acceptors (Lipinski definition) is 6. The molecule has 198 valence electrons. The molecule has 3 heterocycles. The van der Waals surface area contributed by atoms with E-state index in [2.05, 4.69) is 5.32 Å². The third kappa shape index (κ3) is 5.34. The number of carbonyl (C=O) groups is 3. The molecular formula is C29H36N2O6. The Kier molecular flexibility index (Phi) is 7.59. The topological polar surface area (TPSA) is 98.1 Å². The van der Waals surface area contributed by atoms with Crippen LogP contribution in [0.15, 0.2) is 64.9 Å². The molecule has 1 fully saturated rings. The van der Waals surface area contributed by atoms with Crippen LogP contribution in [0.2, 0.25) is 0 Å². The first-order valence-corrected chi connectivity index (χ1v) is 12.7. The third-order valence-electron chi connectivity index (χ3n) is 7.35. The first-order chi connectivity index (χ1) is 17.6. The van der Waals surface area contributed by atoms with Crippen LogP contribution in [0.25, 0.3) is 0 Å². The maximum absolute atomic E-state index is 13.9. The minimum atomic E-state index is -1.23. The molecule has 1 N–H and O–H groups in total. The summed E-state index contributed by atoms with van der Waals surface area (Å²) in [7, 11) is 1.34. The summed E-state index contributed by atoms with van der Waals surface area (Å²) in [6, 6.07) is 13.1. The molecular weight excluding hydrogens is 472 g/mol. The van der Waals surface area contributed by atoms with E-state index in [9.17, 15) is 14.4 Å². The Morgan fingerprint density at radius 3 is 2.51 bits per heavy atom. The molecule has 2 aromatic rings. The normalized spacial score (nSPS) is 25.8. The standard InChI is InChI=1S/C29H36N2O6/c1-19-29(27(34)35-5)16-21(14-25(32)30-17-20-10-7-6-8-11-20)26(33)31(18-22-12-9-13-36-22)23(29)15-24(37-19)28(2,3)4/h6-13,15,19,21,24H,14,16-18H2,1-5H3,(H,30,32)/t19-,21+,24-,29+/m1/s1. The Bertz CT molecular complexity index is 1150. The summed E-state index contributed by atoms with van der Waals surface area (Å²) >= 11 is 0. The van der Waals surface area contributed by atoms with Gasteiger partial charge in [-0.05, 0) is 42.5 Å². The first kappa shape index (κ1) is 26.7. The summed E-state index contributed by atoms with van der Waals surface area (Å²) in [4.78, 5) is 41.9. The zero-order chi connectivity index (χ0) is 26.8. The van der Waals surface area contributed by atoms with Crippen molar-refractivity contribution in [3.05, 3.63) is 71.8 Å². The van der Waals surface area contributed by atoms with Crippen molar-refractivity contribution in [2.45, 2.75) is 65.8 Å². The monoisotopic (exact) mass is 508 g/mol. The minimum absolute atomic E-state index is 0.0538. The van der Waals surface area contributed by atoms with Crippen LogP contribution in [-0.4, -0.2) is 42.0 Å². The highest BCUT2D eigenvalue weighted by Crippen LogP contribution is 2.52. The fourth-order valence-electron chi connectivity index (χ4n) is 5.26. The molecule has 37 heavy (non-hydrogen) atoms. The van der Waals surface area contributed by atoms with E-state index in [4.69, 9.17) is 13.9 Å². The number of likely N-dealkylation sites (tertiary alicyclic amines) is 1. The van der Waals surface area contributed by atoms with E-state index in [0.717, 1.165) is 5.56 Å². The van der Waals surface area contributed by atoms with E-state index in [-0.39, 0.29) is 42.7 Å². The lowest BCUT2D eigenvalue weighted by Crippen LogP contribution is -2.60. The van der Waals surface area contributed by atoms with Crippen molar-refractivity contribution >= 4 is 17.8 Å². The average Bonchev–Trinajstić information content (AvgIpc) is 3.38. The average molecular weight is 509 g/mol. The van der Waals surface area contributed by atoms with Crippen LogP contribution in [0, 0.1) is 16.7 Å². The SMILES string of the molecule is COC(=O)[C@]12C[C@H](CC(=O)NCc3ccccc3)C(=O)N(Cc3ccco3)C1=C[C@H](C(C)(C)C)O[C@@H]2C. The number of esters is 1. The molecule has 0 saturated carbocycles. The van der Waals surface area contributed by atoms with Crippen LogP contribution >= 0.6 is 0 Å². The molecule has 2 aliphatic rings. The molecule has 1 saturated heterocycles. The lowest BCUT2D eigenvalue weighted by atomic mass is 9.65. The van der Waals surface area contributed by atoms with Gasteiger partial charge < -0.3 is 24.1 Å². The summed E-state index contributed by atoms with van der Waals surface area (Å²) in [5.74, 6) is -1.12. The molecule has 0 bridgehead atoms. The highest BCUT2D eigenvalue weighted by molar-refractivity contribution is 5.92. The summed E-state index contributed by atoms with van der Waals surface area (Å²) in [5, 5.41) is 2.90. The number of amides is 2. The van der Waals surface area contributed by atoms with E-state index in [0.29, 0.717) is 18.0 Å². The second-order valence-electron chi connectivity index (χ2n) is 11.0. The Balaban J connectivity index is 1.69. The van der Waals surface area contributed by atoms with E-state index in [1.165, 1.54) is 7.11 Å². The van der Waals surface area contributed by atoms with Gasteiger partial charge in [-0.2, -0.15) is 0 Å². The fraction of sp³-hybridized carbons (Fsp3) is 0.483. The predicted molar refractivity (Wildman–Crippen MR) is 137 cm³/mol. The minimum Gasteiger partial charge on any atom is -0.468 e. The van der Waals surface area contributed by atoms with Gasteiger partial charge in [0.25, 0.3) is 0 Å². The maximum atomic E-state index is 13.9. The van der Waals surface area contributed by atoms with Crippen molar-refractivity contribution < 1.29 is 28.3 Å². The smallest absolute Gasteiger partial charge is 0.320 e. The number of furan rings is 1. The number of fused-ring (bicyclic) bond motifs is 1. The molecule has 4 rings (SSSR count). The van der Waals surface area contributed by atoms with E-state index in [1.54, 1.807) is 23.3 Å². The number of benzene rings is 1. The lowest BCUT2D eigenvalue weighted by Gasteiger charge is -2.52. The molecule has 8 nitrogen and oxygen atoms in total. The quantitative estimate of drug-likeness (QED) is 0.563. The summed E-state index contributed by atoms with van der Waals surface area (Å²) in [6.07, 6.45) is 2.59. The van der Waals surface area contributed by atoms with Gasteiger partial charge in [0.1, 0.15) is 11.2 Å². The number of methoxy groups -OCH3 is 1. The van der Waals surface area contributed by atoms with Crippen LogP contribution in [0.1, 0.15) is 51.9 Å². The van der Waals surface area contributed by atoms with E-state index >= 15 is 0 Å². The molecule has 2 amide bonds. The molecule has 0 spiro atoms. The Morgan fingerprint density at radius 1 is 1.16 bits per heavy atom. The fourth-order valence-corrected chi connectivity index (χ4v) is 5.26. The van der Waals surface area contributed by atoms with Crippen molar-refractivity contribution in [3.63, 3.8) is 0 Å². The molecule has 1 aromatic carbocycles. The number of ether oxygens (including phenoxy) is 2. The van der Waals surface area contributed by atoms with Gasteiger partial charge >= 0.3 is 5.97 Å². The van der Waals surface area contributed by atoms with Crippen molar-refractivity contribution in [3.8, 4) is 0 Å². The number of nitrogens with one attached hydrogen (secondary N) is 1. The van der Waals surface area contributed by atoms with Crippen LogP contribution in [-0.2, 0) is 36.9 Å². The van der Waals surface area contributed by atoms with Crippen molar-refractivity contribution in [2.24, 2.45) is 16.7 Å². The third-order valence-corrected chi connectivity index (χ3v) is 7.35. The zero-order valence-corrected chi connectivity index (χ0v) is 22.2. The van der Waals surface area contributed by atoms with Gasteiger partial charge in [0.2, 0.25) is 11.8 Å². The van der Waals surface area contributed by atoms with E-state index in [1.807, 2.05) is 64.1 Å². The van der Waals surface area contributed by atoms with Crippen molar-refractivity contribution in [1.82, 2.24) is 10.2 Å². The Morgan fingerprint density at radius 2 is 1.89 bits per heavy atom. The lowest BCUT2D eigenvalue weighted by molar-refractivity contribution is -0.180. The summed E-state index contributed by atoms with van der Waals surface area (Å²) in [6.45, 7) is 8.49. The van der Waals surface area contributed by atoms with Gasteiger partial charge in [-0.15, -0.1) is 0 Å². The number of piperidine rings is 1. The Labute approximate surface area is 218 Å². The number of nitrogens with zero attached hydrogens (tertiary/aromatic N) is 1. The van der Waals surface area contributed by atoms with Gasteiger partial charge in [-0.3, -0.25) is 14.4 Å². The summed E-state index contributed by atoms with van der Waals surface area (Å²) < 4.78 is 17.2. The van der Waals surface area contributed by atoms with Gasteiger partial charge in [-0.1, -0.05) is 51.1 Å². The zero-order valence-electron chi connectivity index (χ0n) is 22.2. The van der Waals surface area contributed by atoms with Crippen LogP contribution in [0.3, 0.4) is 0 Å². The van der Waals surface area contributed by atoms with Crippen LogP contribution < -0.4 is 5.32 Å². The highest BCUT2D eigenvalue weighted by atomic mass is 16.5. The molecule has 1 aromatic heterocycles. The van der Waals surface area contributed by atoms with Gasteiger partial charge in [0.05, 0.1) is 32.1 Å². The molecule has 0 radical (unpaired) electrons. The Hall–Kier alpha value is -3.39. The largest absolute Gasteiger partial charge is 0.468 e. The van der Waals surface area contributed by atoms with Crippen LogP contribution in [0.4, 0.5) is 0 Å². The molecule has 4 atom stereocenters.